The second-order valence-electron chi connectivity index (χ2n) is 7.00. The van der Waals surface area contributed by atoms with E-state index in [9.17, 15) is 0 Å². The van der Waals surface area contributed by atoms with E-state index in [1.54, 1.807) is 4.42 Å². The number of rotatable bonds is 7. The average molecular weight is 360 g/mol. The van der Waals surface area contributed by atoms with E-state index in [1.807, 2.05) is 0 Å². The molecule has 0 unspecified atom stereocenters. The van der Waals surface area contributed by atoms with Crippen molar-refractivity contribution in [3.63, 3.8) is 0 Å². The summed E-state index contributed by atoms with van der Waals surface area (Å²) >= 11 is 6.37. The highest BCUT2D eigenvalue weighted by Crippen LogP contribution is 2.23. The van der Waals surface area contributed by atoms with E-state index in [4.69, 9.17) is 11.8 Å². The third-order valence-corrected chi connectivity index (χ3v) is 4.73. The molecule has 0 aliphatic rings. The summed E-state index contributed by atoms with van der Waals surface area (Å²) in [5, 5.41) is 6.97. The molecule has 2 rings (SSSR count). The topological polar surface area (TPSA) is 27.3 Å². The summed E-state index contributed by atoms with van der Waals surface area (Å²) < 4.78 is 1.78. The van der Waals surface area contributed by atoms with Crippen LogP contribution in [0.3, 0.4) is 0 Å². The number of halogens is 1. The Morgan fingerprint density at radius 3 is 1.56 bits per heavy atom. The van der Waals surface area contributed by atoms with Crippen molar-refractivity contribution in [2.45, 2.75) is 41.5 Å². The van der Waals surface area contributed by atoms with Gasteiger partial charge in [0, 0.05) is 24.5 Å². The van der Waals surface area contributed by atoms with E-state index in [2.05, 4.69) is 76.4 Å². The highest BCUT2D eigenvalue weighted by atomic mass is 35.5. The Kier molecular flexibility index (Phi) is 6.74. The van der Waals surface area contributed by atoms with Crippen molar-refractivity contribution in [1.29, 1.82) is 0 Å². The van der Waals surface area contributed by atoms with Crippen LogP contribution in [0.5, 0.6) is 0 Å². The highest BCUT2D eigenvalue weighted by molar-refractivity contribution is 6.13. The zero-order valence-corrected chi connectivity index (χ0v) is 17.0. The van der Waals surface area contributed by atoms with Crippen LogP contribution in [0.15, 0.2) is 24.3 Å². The van der Waals surface area contributed by atoms with E-state index < -0.39 is 0 Å². The first-order valence-corrected chi connectivity index (χ1v) is 9.16. The zero-order valence-electron chi connectivity index (χ0n) is 16.3. The van der Waals surface area contributed by atoms with Crippen LogP contribution in [-0.2, 0) is 0 Å². The molecule has 0 saturated heterocycles. The number of nitrogens with zero attached hydrogens (tertiary/aromatic N) is 1. The maximum Gasteiger partial charge on any atom is 0.0822 e. The van der Waals surface area contributed by atoms with Crippen molar-refractivity contribution >= 4 is 23.2 Å². The Labute approximate surface area is 157 Å². The van der Waals surface area contributed by atoms with Crippen LogP contribution < -0.4 is 10.6 Å². The van der Waals surface area contributed by atoms with E-state index in [1.165, 1.54) is 44.8 Å². The second-order valence-corrected chi connectivity index (χ2v) is 7.47. The fourth-order valence-corrected chi connectivity index (χ4v) is 3.61. The van der Waals surface area contributed by atoms with Gasteiger partial charge in [0.05, 0.1) is 6.67 Å². The molecule has 4 heteroatoms. The molecule has 2 N–H and O–H groups in total. The summed E-state index contributed by atoms with van der Waals surface area (Å²) in [7, 11) is 0. The van der Waals surface area contributed by atoms with Gasteiger partial charge in [-0.2, -0.15) is 4.42 Å². The molecule has 0 spiro atoms. The molecule has 0 heterocycles. The van der Waals surface area contributed by atoms with E-state index in [0.717, 1.165) is 13.1 Å². The summed E-state index contributed by atoms with van der Waals surface area (Å²) in [6, 6.07) is 8.80. The third kappa shape index (κ3) is 5.38. The van der Waals surface area contributed by atoms with Gasteiger partial charge in [0.1, 0.15) is 0 Å². The van der Waals surface area contributed by atoms with Gasteiger partial charge in [-0.3, -0.25) is 0 Å². The van der Waals surface area contributed by atoms with Crippen molar-refractivity contribution < 1.29 is 0 Å². The van der Waals surface area contributed by atoms with Crippen molar-refractivity contribution in [2.24, 2.45) is 0 Å². The minimum Gasteiger partial charge on any atom is -0.383 e. The van der Waals surface area contributed by atoms with Crippen molar-refractivity contribution in [1.82, 2.24) is 4.42 Å². The third-order valence-electron chi connectivity index (χ3n) is 4.44. The molecule has 0 aromatic heterocycles. The highest BCUT2D eigenvalue weighted by Gasteiger charge is 2.07. The molecule has 2 aromatic rings. The lowest BCUT2D eigenvalue weighted by atomic mass is 10.1. The summed E-state index contributed by atoms with van der Waals surface area (Å²) in [6.45, 7) is 15.0. The van der Waals surface area contributed by atoms with E-state index in [-0.39, 0.29) is 0 Å². The Morgan fingerprint density at radius 2 is 1.12 bits per heavy atom. The molecule has 3 nitrogen and oxygen atoms in total. The first-order valence-electron chi connectivity index (χ1n) is 8.82. The van der Waals surface area contributed by atoms with Crippen LogP contribution in [-0.4, -0.2) is 24.2 Å². The zero-order chi connectivity index (χ0) is 18.6. The van der Waals surface area contributed by atoms with Crippen LogP contribution in [0.4, 0.5) is 11.4 Å². The largest absolute Gasteiger partial charge is 0.383 e. The van der Waals surface area contributed by atoms with Crippen molar-refractivity contribution in [3.8, 4) is 0 Å². The molecule has 136 valence electrons. The first kappa shape index (κ1) is 19.6. The number of aryl methyl sites for hydroxylation is 6. The van der Waals surface area contributed by atoms with Gasteiger partial charge in [-0.15, -0.1) is 0 Å². The summed E-state index contributed by atoms with van der Waals surface area (Å²) in [6.07, 6.45) is 0. The Bertz CT molecular complexity index is 694. The Morgan fingerprint density at radius 1 is 0.720 bits per heavy atom. The van der Waals surface area contributed by atoms with Crippen LogP contribution in [0.25, 0.3) is 0 Å². The molecule has 0 aliphatic carbocycles. The number of anilines is 2. The molecule has 0 amide bonds. The predicted octanol–water partition coefficient (Wildman–Crippen LogP) is 5.47. The van der Waals surface area contributed by atoms with Gasteiger partial charge >= 0.3 is 0 Å². The molecule has 0 bridgehead atoms. The fourth-order valence-electron chi connectivity index (χ4n) is 3.46. The molecule has 0 saturated carbocycles. The molecule has 0 fully saturated rings. The lowest BCUT2D eigenvalue weighted by Crippen LogP contribution is -2.26. The minimum atomic E-state index is 0.611. The monoisotopic (exact) mass is 359 g/mol. The van der Waals surface area contributed by atoms with Gasteiger partial charge in [0.2, 0.25) is 0 Å². The number of nitrogens with one attached hydrogen (secondary N) is 2. The predicted molar refractivity (Wildman–Crippen MR) is 111 cm³/mol. The van der Waals surface area contributed by atoms with Crippen LogP contribution in [0.2, 0.25) is 0 Å². The van der Waals surface area contributed by atoms with Crippen molar-refractivity contribution in [2.75, 3.05) is 30.4 Å². The average Bonchev–Trinajstić information content (AvgIpc) is 2.48. The fraction of sp³-hybridized carbons (Fsp3) is 0.429. The Hall–Kier alpha value is -1.71. The van der Waals surface area contributed by atoms with Gasteiger partial charge < -0.3 is 10.6 Å². The van der Waals surface area contributed by atoms with Gasteiger partial charge in [-0.25, -0.2) is 0 Å². The molecule has 2 aromatic carbocycles. The summed E-state index contributed by atoms with van der Waals surface area (Å²) in [4.78, 5) is 0. The van der Waals surface area contributed by atoms with Crippen LogP contribution >= 0.6 is 11.8 Å². The van der Waals surface area contributed by atoms with Gasteiger partial charge in [0.25, 0.3) is 0 Å². The van der Waals surface area contributed by atoms with E-state index in [0.29, 0.717) is 6.67 Å². The number of benzene rings is 2. The molecule has 0 atom stereocenters. The first-order chi connectivity index (χ1) is 11.8. The number of hydrogen-bond donors (Lipinski definition) is 2. The SMILES string of the molecule is Cc1cc(C)c(NCCN(Cl)CNc2c(C)cc(C)cc2C)c(C)c1. The lowest BCUT2D eigenvalue weighted by molar-refractivity contribution is 0.503. The summed E-state index contributed by atoms with van der Waals surface area (Å²) in [5.74, 6) is 0. The standard InChI is InChI=1S/C21H30ClN3/c1-14-9-16(3)20(17(4)10-14)23-7-8-25(22)13-24-21-18(5)11-15(2)12-19(21)6/h9-12,23-24H,7-8,13H2,1-6H3. The molecule has 0 aliphatic heterocycles. The molecule has 0 radical (unpaired) electrons. The normalized spacial score (nSPS) is 11.0. The van der Waals surface area contributed by atoms with Crippen molar-refractivity contribution in [3.05, 3.63) is 57.6 Å². The molecule has 25 heavy (non-hydrogen) atoms. The van der Waals surface area contributed by atoms with E-state index >= 15 is 0 Å². The maximum atomic E-state index is 6.37. The minimum absolute atomic E-state index is 0.611. The van der Waals surface area contributed by atoms with Crippen LogP contribution in [0.1, 0.15) is 33.4 Å². The molecular weight excluding hydrogens is 330 g/mol. The Balaban J connectivity index is 1.85. The van der Waals surface area contributed by atoms with Gasteiger partial charge in [-0.1, -0.05) is 35.4 Å². The second kappa shape index (κ2) is 8.59. The quantitative estimate of drug-likeness (QED) is 0.506. The maximum absolute atomic E-state index is 6.37. The smallest absolute Gasteiger partial charge is 0.0822 e. The van der Waals surface area contributed by atoms with Gasteiger partial charge in [0.15, 0.2) is 0 Å². The summed E-state index contributed by atoms with van der Waals surface area (Å²) in [5.41, 5.74) is 10.1. The lowest BCUT2D eigenvalue weighted by Gasteiger charge is -2.20. The molecular formula is C21H30ClN3. The van der Waals surface area contributed by atoms with Crippen LogP contribution in [0, 0.1) is 41.5 Å². The van der Waals surface area contributed by atoms with Gasteiger partial charge in [-0.05, 0) is 75.6 Å². The number of hydrogen-bond acceptors (Lipinski definition) is 3.